The van der Waals surface area contributed by atoms with Crippen molar-refractivity contribution in [2.24, 2.45) is 22.9 Å². The lowest BCUT2D eigenvalue weighted by molar-refractivity contribution is -0.142. The summed E-state index contributed by atoms with van der Waals surface area (Å²) in [6.45, 7) is 9.43. The number of likely N-dealkylation sites (tertiary alicyclic amines) is 1. The SMILES string of the molecule is CC(=O)C1=NN(CC(O)N2C[C@@H](C)C[C@H]2C(=O)Nc2nc(Br)ccc2C)C2C(C)CC(c3cnc(CNC(=O)COCCOCCNC(=O)COCCOCCNC(=O)CC[C@H](NC(=O)CCCCCCCCCCCCCCCCC(=O)O)C(=O)O)nc3)CC12. The Morgan fingerprint density at radius 2 is 1.24 bits per heavy atom. The predicted molar refractivity (Wildman–Crippen MR) is 342 cm³/mol. The number of carboxylic acid groups (broad SMARTS) is 2. The number of carboxylic acids is 2. The fourth-order valence-electron chi connectivity index (χ4n) is 11.9. The third kappa shape index (κ3) is 28.8. The largest absolute Gasteiger partial charge is 0.481 e. The molecule has 0 aromatic carbocycles. The number of hydrogen-bond donors (Lipinski definition) is 8. The number of carbonyl (C=O) groups is 8. The molecule has 0 radical (unpaired) electrons. The molecule has 91 heavy (non-hydrogen) atoms. The molecule has 2 aliphatic heterocycles. The van der Waals surface area contributed by atoms with Gasteiger partial charge in [-0.25, -0.2) is 19.7 Å². The van der Waals surface area contributed by atoms with Crippen LogP contribution in [0.25, 0.3) is 0 Å². The van der Waals surface area contributed by atoms with E-state index in [0.29, 0.717) is 47.8 Å². The van der Waals surface area contributed by atoms with Gasteiger partial charge in [0, 0.05) is 64.1 Å². The van der Waals surface area contributed by atoms with Crippen molar-refractivity contribution in [1.82, 2.24) is 46.1 Å². The lowest BCUT2D eigenvalue weighted by Gasteiger charge is -2.41. The third-order valence-corrected chi connectivity index (χ3v) is 17.1. The smallest absolute Gasteiger partial charge is 0.326 e. The number of unbranched alkanes of at least 4 members (excludes halogenated alkanes) is 13. The van der Waals surface area contributed by atoms with E-state index in [2.05, 4.69) is 71.3 Å². The second kappa shape index (κ2) is 42.2. The van der Waals surface area contributed by atoms with E-state index in [-0.39, 0.29) is 170 Å². The minimum atomic E-state index is -1.19. The topological polar surface area (TPSA) is 352 Å². The maximum atomic E-state index is 13.6. The molecule has 0 bridgehead atoms. The van der Waals surface area contributed by atoms with Crippen molar-refractivity contribution in [2.75, 3.05) is 84.4 Å². The van der Waals surface area contributed by atoms with Crippen LogP contribution in [0.5, 0.6) is 0 Å². The Balaban J connectivity index is 0.821. The summed E-state index contributed by atoms with van der Waals surface area (Å²) in [5.74, 6) is -2.65. The van der Waals surface area contributed by atoms with Gasteiger partial charge in [-0.1, -0.05) is 97.0 Å². The summed E-state index contributed by atoms with van der Waals surface area (Å²) < 4.78 is 22.3. The number of aliphatic carboxylic acids is 2. The van der Waals surface area contributed by atoms with Crippen LogP contribution in [0.2, 0.25) is 0 Å². The number of ether oxygens (including phenoxy) is 4. The van der Waals surface area contributed by atoms with Crippen molar-refractivity contribution in [1.29, 1.82) is 0 Å². The van der Waals surface area contributed by atoms with Crippen LogP contribution in [-0.2, 0) is 63.8 Å². The number of pyridine rings is 1. The van der Waals surface area contributed by atoms with E-state index in [1.54, 1.807) is 12.4 Å². The highest BCUT2D eigenvalue weighted by Gasteiger charge is 2.49. The van der Waals surface area contributed by atoms with Gasteiger partial charge in [-0.15, -0.1) is 0 Å². The second-order valence-corrected chi connectivity index (χ2v) is 25.1. The normalized spacial score (nSPS) is 19.5. The summed E-state index contributed by atoms with van der Waals surface area (Å²) in [4.78, 5) is 114. The number of halogens is 1. The molecule has 27 heteroatoms. The van der Waals surface area contributed by atoms with E-state index in [4.69, 9.17) is 29.2 Å². The number of aliphatic hydroxyl groups excluding tert-OH is 1. The van der Waals surface area contributed by atoms with Gasteiger partial charge in [-0.3, -0.25) is 43.5 Å². The number of aryl methyl sites for hydroxylation is 1. The van der Waals surface area contributed by atoms with Crippen LogP contribution < -0.4 is 26.6 Å². The molecule has 508 valence electrons. The lowest BCUT2D eigenvalue weighted by atomic mass is 9.69. The lowest BCUT2D eigenvalue weighted by Crippen LogP contribution is -2.52. The van der Waals surface area contributed by atoms with Crippen molar-refractivity contribution in [2.45, 2.75) is 199 Å². The number of nitrogens with one attached hydrogen (secondary N) is 5. The fraction of sp³-hybridized carbons (Fsp3) is 0.719. The summed E-state index contributed by atoms with van der Waals surface area (Å²) in [5.41, 5.74) is 2.22. The highest BCUT2D eigenvalue weighted by molar-refractivity contribution is 9.10. The van der Waals surface area contributed by atoms with Crippen molar-refractivity contribution in [3.63, 3.8) is 0 Å². The molecule has 1 saturated carbocycles. The molecule has 2 aromatic heterocycles. The Morgan fingerprint density at radius 1 is 0.681 bits per heavy atom. The van der Waals surface area contributed by atoms with Gasteiger partial charge < -0.3 is 60.9 Å². The number of Topliss-reactive ketones (excluding diaryl/α,β-unsaturated/α-hetero) is 1. The quantitative estimate of drug-likeness (QED) is 0.0280. The summed E-state index contributed by atoms with van der Waals surface area (Å²) in [6.07, 6.45) is 19.8. The number of hydrazone groups is 1. The van der Waals surface area contributed by atoms with Crippen LogP contribution in [0.4, 0.5) is 5.82 Å². The predicted octanol–water partition coefficient (Wildman–Crippen LogP) is 5.96. The number of ketones is 1. The molecule has 8 N–H and O–H groups in total. The van der Waals surface area contributed by atoms with Crippen molar-refractivity contribution in [3.8, 4) is 0 Å². The summed E-state index contributed by atoms with van der Waals surface area (Å²) in [5, 5.41) is 50.3. The molecule has 4 heterocycles. The van der Waals surface area contributed by atoms with Crippen LogP contribution in [0.1, 0.15) is 178 Å². The van der Waals surface area contributed by atoms with Gasteiger partial charge in [0.2, 0.25) is 29.5 Å². The zero-order chi connectivity index (χ0) is 65.9. The minimum absolute atomic E-state index is 0.0426. The van der Waals surface area contributed by atoms with Crippen LogP contribution in [0.3, 0.4) is 0 Å². The first-order chi connectivity index (χ1) is 43.8. The van der Waals surface area contributed by atoms with Gasteiger partial charge in [0.25, 0.3) is 0 Å². The van der Waals surface area contributed by atoms with E-state index < -0.39 is 30.3 Å². The molecule has 26 nitrogen and oxygen atoms in total. The molecule has 8 atom stereocenters. The fourth-order valence-corrected chi connectivity index (χ4v) is 12.2. The first kappa shape index (κ1) is 75.6. The third-order valence-electron chi connectivity index (χ3n) is 16.7. The molecule has 1 saturated heterocycles. The number of aliphatic hydroxyl groups is 1. The monoisotopic (exact) mass is 1340 g/mol. The van der Waals surface area contributed by atoms with Gasteiger partial charge in [-0.05, 0) is 96.3 Å². The standard InChI is InChI=1S/C64H100BrN11O15/c1-43-33-51(63(85)73-62-44(2)21-23-52(65)72-62)75(39-43)58(82)40-76-61-45(3)34-47(35-49(61)60(74-76)46(4)77)48-36-68-53(69-37-48)38-70-57(81)42-91-32-30-89-28-26-67-56(80)41-90-31-29-88-27-25-66-54(78)24-22-50(64(86)87)71-55(79)19-17-15-13-11-9-7-5-6-8-10-12-14-16-18-20-59(83)84/h21,23,36-37,43,45,47,49-51,58,61,82H,5-20,22,24-35,38-42H2,1-4H3,(H,66,78)(H,67,80)(H,70,81)(H,71,79)(H,83,84)(H,86,87)(H,72,73,85)/t43-,45?,47?,49?,50-,51-,58?,61?/m0/s1. The molecule has 0 spiro atoms. The molecule has 3 aliphatic rings. The highest BCUT2D eigenvalue weighted by Crippen LogP contribution is 2.45. The summed E-state index contributed by atoms with van der Waals surface area (Å²) in [7, 11) is 0. The Bertz CT molecular complexity index is 2640. The van der Waals surface area contributed by atoms with Gasteiger partial charge in [0.05, 0.1) is 64.8 Å². The average molecular weight is 1340 g/mol. The van der Waals surface area contributed by atoms with Crippen LogP contribution >= 0.6 is 15.9 Å². The van der Waals surface area contributed by atoms with Crippen molar-refractivity contribution < 1.29 is 72.6 Å². The Kier molecular flexibility index (Phi) is 35.1. The maximum absolute atomic E-state index is 13.6. The number of aromatic nitrogens is 3. The van der Waals surface area contributed by atoms with Crippen LogP contribution in [-0.4, -0.2) is 197 Å². The number of carbonyl (C=O) groups excluding carboxylic acids is 6. The molecule has 5 rings (SSSR count). The first-order valence-corrected chi connectivity index (χ1v) is 33.5. The molecule has 2 fully saturated rings. The first-order valence-electron chi connectivity index (χ1n) is 32.7. The minimum Gasteiger partial charge on any atom is -0.481 e. The zero-order valence-corrected chi connectivity index (χ0v) is 55.4. The van der Waals surface area contributed by atoms with E-state index in [1.165, 1.54) is 45.4 Å². The second-order valence-electron chi connectivity index (χ2n) is 24.3. The van der Waals surface area contributed by atoms with Gasteiger partial charge in [0.1, 0.15) is 47.4 Å². The number of hydrogen-bond acceptors (Lipinski definition) is 19. The molecule has 2 aromatic rings. The Morgan fingerprint density at radius 3 is 1.82 bits per heavy atom. The number of amides is 5. The van der Waals surface area contributed by atoms with Crippen LogP contribution in [0.15, 0.2) is 34.2 Å². The number of β-amino-alcohol motifs (C(OH)–C–C–N with tert-alkyl or cyclic N) is 1. The molecule has 5 amide bonds. The highest BCUT2D eigenvalue weighted by atomic mass is 79.9. The van der Waals surface area contributed by atoms with Gasteiger partial charge >= 0.3 is 11.9 Å². The Labute approximate surface area is 543 Å². The van der Waals surface area contributed by atoms with E-state index in [1.807, 2.05) is 29.0 Å². The molecular weight excluding hydrogens is 1240 g/mol. The van der Waals surface area contributed by atoms with Gasteiger partial charge in [-0.2, -0.15) is 5.10 Å². The molecule has 5 unspecified atom stereocenters. The summed E-state index contributed by atoms with van der Waals surface area (Å²) >= 11 is 3.38. The Hall–Kier alpha value is -6.10. The van der Waals surface area contributed by atoms with Crippen molar-refractivity contribution >= 4 is 74.7 Å². The number of anilines is 1. The average Bonchev–Trinajstić information content (AvgIpc) is 1.66. The maximum Gasteiger partial charge on any atom is 0.326 e. The number of nitrogens with zero attached hydrogens (tertiary/aromatic N) is 6. The molecular formula is C64H100BrN11O15. The van der Waals surface area contributed by atoms with E-state index >= 15 is 0 Å². The van der Waals surface area contributed by atoms with E-state index in [0.717, 1.165) is 62.5 Å². The summed E-state index contributed by atoms with van der Waals surface area (Å²) in [6, 6.07) is 1.84. The number of rotatable bonds is 47. The zero-order valence-electron chi connectivity index (χ0n) is 53.8. The van der Waals surface area contributed by atoms with E-state index in [9.17, 15) is 48.6 Å². The van der Waals surface area contributed by atoms with Crippen LogP contribution in [0, 0.1) is 24.7 Å². The van der Waals surface area contributed by atoms with Gasteiger partial charge in [0.15, 0.2) is 5.78 Å². The van der Waals surface area contributed by atoms with Crippen molar-refractivity contribution in [3.05, 3.63) is 46.1 Å². The number of fused-ring (bicyclic) bond motifs is 1. The molecule has 1 aliphatic carbocycles.